The SMILES string of the molecule is Cc1cnc(SCCC(=O)NN)nc1. The third kappa shape index (κ3) is 3.71. The molecule has 6 heteroatoms. The molecule has 0 spiro atoms. The van der Waals surface area contributed by atoms with Gasteiger partial charge in [0.15, 0.2) is 5.16 Å². The number of hydrogen-bond donors (Lipinski definition) is 2. The van der Waals surface area contributed by atoms with Crippen LogP contribution in [0.2, 0.25) is 0 Å². The zero-order valence-corrected chi connectivity index (χ0v) is 8.67. The molecular formula is C8H12N4OS. The normalized spacial score (nSPS) is 9.86. The summed E-state index contributed by atoms with van der Waals surface area (Å²) in [5.41, 5.74) is 3.09. The van der Waals surface area contributed by atoms with Crippen LogP contribution in [0.25, 0.3) is 0 Å². The quantitative estimate of drug-likeness (QED) is 0.246. The van der Waals surface area contributed by atoms with Crippen molar-refractivity contribution in [2.24, 2.45) is 5.84 Å². The van der Waals surface area contributed by atoms with Crippen molar-refractivity contribution in [3.63, 3.8) is 0 Å². The number of carbonyl (C=O) groups excluding carboxylic acids is 1. The molecule has 1 aromatic rings. The van der Waals surface area contributed by atoms with Gasteiger partial charge in [-0.3, -0.25) is 10.2 Å². The van der Waals surface area contributed by atoms with Gasteiger partial charge in [0.2, 0.25) is 5.91 Å². The Morgan fingerprint density at radius 3 is 2.79 bits per heavy atom. The van der Waals surface area contributed by atoms with E-state index >= 15 is 0 Å². The van der Waals surface area contributed by atoms with Gasteiger partial charge in [-0.05, 0) is 12.5 Å². The zero-order chi connectivity index (χ0) is 10.4. The number of aryl methyl sites for hydroxylation is 1. The molecule has 5 nitrogen and oxygen atoms in total. The fraction of sp³-hybridized carbons (Fsp3) is 0.375. The van der Waals surface area contributed by atoms with Gasteiger partial charge in [-0.2, -0.15) is 0 Å². The molecular weight excluding hydrogens is 200 g/mol. The lowest BCUT2D eigenvalue weighted by Gasteiger charge is -1.99. The van der Waals surface area contributed by atoms with Crippen LogP contribution in [0.5, 0.6) is 0 Å². The maximum absolute atomic E-state index is 10.8. The van der Waals surface area contributed by atoms with Crippen molar-refractivity contribution < 1.29 is 4.79 Å². The van der Waals surface area contributed by atoms with Crippen molar-refractivity contribution in [1.29, 1.82) is 0 Å². The van der Waals surface area contributed by atoms with Crippen LogP contribution in [0.15, 0.2) is 17.6 Å². The predicted octanol–water partition coefficient (Wildman–Crippen LogP) is 0.257. The topological polar surface area (TPSA) is 80.9 Å². The standard InChI is InChI=1S/C8H12N4OS/c1-6-4-10-8(11-5-6)14-3-2-7(13)12-9/h4-5H,2-3,9H2,1H3,(H,12,13). The second-order valence-corrected chi connectivity index (χ2v) is 3.77. The molecule has 1 heterocycles. The van der Waals surface area contributed by atoms with Crippen molar-refractivity contribution in [2.45, 2.75) is 18.5 Å². The van der Waals surface area contributed by atoms with E-state index in [9.17, 15) is 4.79 Å². The summed E-state index contributed by atoms with van der Waals surface area (Å²) in [4.78, 5) is 18.9. The lowest BCUT2D eigenvalue weighted by atomic mass is 10.4. The number of nitrogens with two attached hydrogens (primary N) is 1. The van der Waals surface area contributed by atoms with E-state index in [2.05, 4.69) is 15.4 Å². The van der Waals surface area contributed by atoms with Gasteiger partial charge in [0, 0.05) is 24.6 Å². The monoisotopic (exact) mass is 212 g/mol. The fourth-order valence-corrected chi connectivity index (χ4v) is 1.49. The molecule has 0 bridgehead atoms. The molecule has 0 aliphatic rings. The van der Waals surface area contributed by atoms with E-state index in [1.165, 1.54) is 11.8 Å². The van der Waals surface area contributed by atoms with Gasteiger partial charge in [-0.25, -0.2) is 15.8 Å². The number of hydrazine groups is 1. The summed E-state index contributed by atoms with van der Waals surface area (Å²) < 4.78 is 0. The molecule has 14 heavy (non-hydrogen) atoms. The third-order valence-electron chi connectivity index (χ3n) is 1.48. The highest BCUT2D eigenvalue weighted by molar-refractivity contribution is 7.99. The molecule has 76 valence electrons. The minimum Gasteiger partial charge on any atom is -0.294 e. The van der Waals surface area contributed by atoms with Gasteiger partial charge < -0.3 is 0 Å². The van der Waals surface area contributed by atoms with Gasteiger partial charge in [-0.1, -0.05) is 11.8 Å². The Morgan fingerprint density at radius 1 is 1.57 bits per heavy atom. The van der Waals surface area contributed by atoms with E-state index in [1.54, 1.807) is 12.4 Å². The Balaban J connectivity index is 2.31. The second kappa shape index (κ2) is 5.56. The first-order valence-electron chi connectivity index (χ1n) is 4.13. The Morgan fingerprint density at radius 2 is 2.21 bits per heavy atom. The maximum atomic E-state index is 10.8. The fourth-order valence-electron chi connectivity index (χ4n) is 0.762. The van der Waals surface area contributed by atoms with Crippen LogP contribution < -0.4 is 11.3 Å². The van der Waals surface area contributed by atoms with Gasteiger partial charge in [0.05, 0.1) is 0 Å². The van der Waals surface area contributed by atoms with Crippen LogP contribution in [0, 0.1) is 6.92 Å². The van der Waals surface area contributed by atoms with Gasteiger partial charge >= 0.3 is 0 Å². The van der Waals surface area contributed by atoms with Crippen LogP contribution in [-0.2, 0) is 4.79 Å². The van der Waals surface area contributed by atoms with Crippen LogP contribution in [0.1, 0.15) is 12.0 Å². The van der Waals surface area contributed by atoms with Gasteiger partial charge in [-0.15, -0.1) is 0 Å². The molecule has 0 atom stereocenters. The molecule has 0 aliphatic heterocycles. The Bertz CT molecular complexity index is 301. The smallest absolute Gasteiger partial charge is 0.234 e. The number of amides is 1. The highest BCUT2D eigenvalue weighted by Gasteiger charge is 2.00. The van der Waals surface area contributed by atoms with Crippen LogP contribution in [-0.4, -0.2) is 21.6 Å². The first kappa shape index (κ1) is 10.9. The summed E-state index contributed by atoms with van der Waals surface area (Å²) >= 11 is 1.43. The number of aromatic nitrogens is 2. The number of thioether (sulfide) groups is 1. The number of nitrogens with one attached hydrogen (secondary N) is 1. The molecule has 0 fully saturated rings. The zero-order valence-electron chi connectivity index (χ0n) is 7.86. The minimum absolute atomic E-state index is 0.176. The maximum Gasteiger partial charge on any atom is 0.234 e. The second-order valence-electron chi connectivity index (χ2n) is 2.71. The average Bonchev–Trinajstić information content (AvgIpc) is 2.21. The Kier molecular flexibility index (Phi) is 4.34. The molecule has 0 radical (unpaired) electrons. The van der Waals surface area contributed by atoms with Crippen LogP contribution in [0.4, 0.5) is 0 Å². The molecule has 0 saturated carbocycles. The number of carbonyl (C=O) groups is 1. The van der Waals surface area contributed by atoms with E-state index in [-0.39, 0.29) is 5.91 Å². The van der Waals surface area contributed by atoms with E-state index < -0.39 is 0 Å². The molecule has 3 N–H and O–H groups in total. The number of hydrogen-bond acceptors (Lipinski definition) is 5. The highest BCUT2D eigenvalue weighted by atomic mass is 32.2. The van der Waals surface area contributed by atoms with E-state index in [0.29, 0.717) is 17.3 Å². The summed E-state index contributed by atoms with van der Waals surface area (Å²) in [6, 6.07) is 0. The van der Waals surface area contributed by atoms with Gasteiger partial charge in [0.1, 0.15) is 0 Å². The molecule has 1 amide bonds. The summed E-state index contributed by atoms with van der Waals surface area (Å²) in [6.45, 7) is 1.93. The van der Waals surface area contributed by atoms with E-state index in [0.717, 1.165) is 5.56 Å². The van der Waals surface area contributed by atoms with Crippen molar-refractivity contribution in [2.75, 3.05) is 5.75 Å². The third-order valence-corrected chi connectivity index (χ3v) is 2.36. The highest BCUT2D eigenvalue weighted by Crippen LogP contribution is 2.12. The molecule has 1 rings (SSSR count). The van der Waals surface area contributed by atoms with Crippen molar-refractivity contribution in [1.82, 2.24) is 15.4 Å². The Labute approximate surface area is 86.5 Å². The van der Waals surface area contributed by atoms with Crippen LogP contribution >= 0.6 is 11.8 Å². The van der Waals surface area contributed by atoms with Crippen molar-refractivity contribution in [3.05, 3.63) is 18.0 Å². The van der Waals surface area contributed by atoms with E-state index in [1.807, 2.05) is 6.92 Å². The molecule has 0 aliphatic carbocycles. The van der Waals surface area contributed by atoms with Crippen molar-refractivity contribution >= 4 is 17.7 Å². The predicted molar refractivity (Wildman–Crippen MR) is 54.4 cm³/mol. The first-order chi connectivity index (χ1) is 6.72. The molecule has 0 aromatic carbocycles. The number of rotatable bonds is 4. The average molecular weight is 212 g/mol. The van der Waals surface area contributed by atoms with Gasteiger partial charge in [0.25, 0.3) is 0 Å². The minimum atomic E-state index is -0.176. The summed E-state index contributed by atoms with van der Waals surface area (Å²) in [5, 5.41) is 0.681. The first-order valence-corrected chi connectivity index (χ1v) is 5.12. The summed E-state index contributed by atoms with van der Waals surface area (Å²) in [6.07, 6.45) is 3.87. The van der Waals surface area contributed by atoms with E-state index in [4.69, 9.17) is 5.84 Å². The number of nitrogens with zero attached hydrogens (tertiary/aromatic N) is 2. The lowest BCUT2D eigenvalue weighted by Crippen LogP contribution is -2.30. The lowest BCUT2D eigenvalue weighted by molar-refractivity contribution is -0.120. The molecule has 0 saturated heterocycles. The largest absolute Gasteiger partial charge is 0.294 e. The Hall–Kier alpha value is -1.14. The van der Waals surface area contributed by atoms with Crippen LogP contribution in [0.3, 0.4) is 0 Å². The van der Waals surface area contributed by atoms with Crippen molar-refractivity contribution in [3.8, 4) is 0 Å². The molecule has 1 aromatic heterocycles. The summed E-state index contributed by atoms with van der Waals surface area (Å²) in [7, 11) is 0. The molecule has 0 unspecified atom stereocenters. The summed E-state index contributed by atoms with van der Waals surface area (Å²) in [5.74, 6) is 5.39.